The molecule has 1 fully saturated rings. The first kappa shape index (κ1) is 14.5. The molecule has 2 N–H and O–H groups in total. The summed E-state index contributed by atoms with van der Waals surface area (Å²) >= 11 is 0. The number of benzene rings is 1. The van der Waals surface area contributed by atoms with E-state index in [0.29, 0.717) is 17.8 Å². The van der Waals surface area contributed by atoms with E-state index in [1.165, 1.54) is 7.11 Å². The van der Waals surface area contributed by atoms with Gasteiger partial charge in [0, 0.05) is 6.54 Å². The van der Waals surface area contributed by atoms with Crippen molar-refractivity contribution in [3.05, 3.63) is 29.3 Å². The van der Waals surface area contributed by atoms with Gasteiger partial charge >= 0.3 is 5.97 Å². The molecule has 0 spiro atoms. The van der Waals surface area contributed by atoms with Crippen LogP contribution in [0.3, 0.4) is 0 Å². The highest BCUT2D eigenvalue weighted by molar-refractivity contribution is 6.02. The van der Waals surface area contributed by atoms with Gasteiger partial charge in [0.25, 0.3) is 0 Å². The van der Waals surface area contributed by atoms with Crippen LogP contribution in [0.5, 0.6) is 0 Å². The van der Waals surface area contributed by atoms with Gasteiger partial charge in [-0.3, -0.25) is 4.79 Å². The number of rotatable bonds is 3. The van der Waals surface area contributed by atoms with Crippen LogP contribution in [0.4, 0.5) is 5.69 Å². The summed E-state index contributed by atoms with van der Waals surface area (Å²) in [4.78, 5) is 24.0. The fraction of sp³-hybridized carbons (Fsp3) is 0.467. The van der Waals surface area contributed by atoms with Crippen molar-refractivity contribution in [1.82, 2.24) is 5.32 Å². The smallest absolute Gasteiger partial charge is 0.339 e. The quantitative estimate of drug-likeness (QED) is 0.825. The number of hydrogen-bond donors (Lipinski definition) is 2. The van der Waals surface area contributed by atoms with Gasteiger partial charge in [-0.1, -0.05) is 11.6 Å². The minimum absolute atomic E-state index is 0.0458. The van der Waals surface area contributed by atoms with Gasteiger partial charge in [0.05, 0.1) is 24.3 Å². The van der Waals surface area contributed by atoms with Crippen LogP contribution in [0.15, 0.2) is 18.2 Å². The molecule has 1 heterocycles. The van der Waals surface area contributed by atoms with E-state index in [0.717, 1.165) is 24.9 Å². The van der Waals surface area contributed by atoms with Gasteiger partial charge in [-0.05, 0) is 38.4 Å². The van der Waals surface area contributed by atoms with Crippen LogP contribution in [-0.2, 0) is 9.53 Å². The van der Waals surface area contributed by atoms with Crippen LogP contribution in [-0.4, -0.2) is 32.1 Å². The van der Waals surface area contributed by atoms with Gasteiger partial charge in [0.2, 0.25) is 5.91 Å². The average Bonchev–Trinajstić information content (AvgIpc) is 2.49. The molecule has 20 heavy (non-hydrogen) atoms. The van der Waals surface area contributed by atoms with E-state index in [-0.39, 0.29) is 11.8 Å². The summed E-state index contributed by atoms with van der Waals surface area (Å²) in [5.74, 6) is -0.535. The Labute approximate surface area is 118 Å². The maximum absolute atomic E-state index is 12.2. The lowest BCUT2D eigenvalue weighted by Crippen LogP contribution is -2.37. The number of carbonyl (C=O) groups excluding carboxylic acids is 2. The summed E-state index contributed by atoms with van der Waals surface area (Å²) in [6.07, 6.45) is 1.87. The Morgan fingerprint density at radius 3 is 2.85 bits per heavy atom. The molecule has 0 aliphatic carbocycles. The second-order valence-electron chi connectivity index (χ2n) is 5.07. The van der Waals surface area contributed by atoms with Crippen LogP contribution in [0.1, 0.15) is 28.8 Å². The minimum atomic E-state index is -0.439. The maximum atomic E-state index is 12.2. The third kappa shape index (κ3) is 3.36. The van der Waals surface area contributed by atoms with Crippen LogP contribution in [0, 0.1) is 12.8 Å². The van der Waals surface area contributed by atoms with E-state index >= 15 is 0 Å². The van der Waals surface area contributed by atoms with E-state index in [4.69, 9.17) is 4.74 Å². The second-order valence-corrected chi connectivity index (χ2v) is 5.07. The topological polar surface area (TPSA) is 67.4 Å². The van der Waals surface area contributed by atoms with Gasteiger partial charge < -0.3 is 15.4 Å². The summed E-state index contributed by atoms with van der Waals surface area (Å²) in [6, 6.07) is 5.33. The van der Waals surface area contributed by atoms with Crippen molar-refractivity contribution in [2.24, 2.45) is 5.92 Å². The molecule has 5 heteroatoms. The highest BCUT2D eigenvalue weighted by atomic mass is 16.5. The molecule has 0 bridgehead atoms. The van der Waals surface area contributed by atoms with E-state index in [1.54, 1.807) is 12.1 Å². The normalized spacial score (nSPS) is 18.4. The number of anilines is 1. The Hall–Kier alpha value is -1.88. The van der Waals surface area contributed by atoms with Crippen molar-refractivity contribution >= 4 is 17.6 Å². The number of piperidine rings is 1. The molecule has 1 atom stereocenters. The third-order valence-electron chi connectivity index (χ3n) is 3.51. The Kier molecular flexibility index (Phi) is 4.74. The summed E-state index contributed by atoms with van der Waals surface area (Å²) < 4.78 is 4.76. The Balaban J connectivity index is 2.15. The van der Waals surface area contributed by atoms with Crippen molar-refractivity contribution in [2.75, 3.05) is 25.5 Å². The Bertz CT molecular complexity index is 508. The fourth-order valence-corrected chi connectivity index (χ4v) is 2.36. The first-order valence-corrected chi connectivity index (χ1v) is 6.82. The first-order valence-electron chi connectivity index (χ1n) is 6.82. The number of amides is 1. The number of aryl methyl sites for hydroxylation is 1. The predicted molar refractivity (Wildman–Crippen MR) is 76.7 cm³/mol. The molecule has 0 saturated carbocycles. The minimum Gasteiger partial charge on any atom is -0.465 e. The maximum Gasteiger partial charge on any atom is 0.339 e. The van der Waals surface area contributed by atoms with E-state index in [9.17, 15) is 9.59 Å². The van der Waals surface area contributed by atoms with Crippen LogP contribution >= 0.6 is 0 Å². The van der Waals surface area contributed by atoms with Crippen molar-refractivity contribution in [2.45, 2.75) is 19.8 Å². The average molecular weight is 276 g/mol. The Morgan fingerprint density at radius 2 is 2.20 bits per heavy atom. The molecule has 1 aliphatic heterocycles. The van der Waals surface area contributed by atoms with E-state index in [1.807, 2.05) is 13.0 Å². The van der Waals surface area contributed by atoms with Crippen LogP contribution in [0.25, 0.3) is 0 Å². The molecular formula is C15H20N2O3. The number of esters is 1. The highest BCUT2D eigenvalue weighted by Gasteiger charge is 2.22. The lowest BCUT2D eigenvalue weighted by Gasteiger charge is -2.22. The summed E-state index contributed by atoms with van der Waals surface area (Å²) in [5, 5.41) is 6.05. The highest BCUT2D eigenvalue weighted by Crippen LogP contribution is 2.20. The summed E-state index contributed by atoms with van der Waals surface area (Å²) in [5.41, 5.74) is 1.85. The van der Waals surface area contributed by atoms with Gasteiger partial charge in [0.15, 0.2) is 0 Å². The zero-order chi connectivity index (χ0) is 14.5. The zero-order valence-corrected chi connectivity index (χ0v) is 11.9. The molecule has 0 aromatic heterocycles. The second kappa shape index (κ2) is 6.52. The molecule has 1 aromatic carbocycles. The van der Waals surface area contributed by atoms with Crippen molar-refractivity contribution in [3.8, 4) is 0 Å². The monoisotopic (exact) mass is 276 g/mol. The number of ether oxygens (including phenoxy) is 1. The van der Waals surface area contributed by atoms with Crippen LogP contribution < -0.4 is 10.6 Å². The molecule has 2 rings (SSSR count). The van der Waals surface area contributed by atoms with Crippen LogP contribution in [0.2, 0.25) is 0 Å². The van der Waals surface area contributed by atoms with E-state index in [2.05, 4.69) is 10.6 Å². The molecular weight excluding hydrogens is 256 g/mol. The lowest BCUT2D eigenvalue weighted by molar-refractivity contribution is -0.120. The van der Waals surface area contributed by atoms with E-state index < -0.39 is 5.97 Å². The molecule has 108 valence electrons. The largest absolute Gasteiger partial charge is 0.465 e. The molecule has 1 amide bonds. The molecule has 1 aromatic rings. The standard InChI is InChI=1S/C15H20N2O3/c1-10-5-6-13(12(8-10)15(19)20-2)17-14(18)11-4-3-7-16-9-11/h5-6,8,11,16H,3-4,7,9H2,1-2H3,(H,17,18)/t11-/m1/s1. The fourth-order valence-electron chi connectivity index (χ4n) is 2.36. The number of hydrogen-bond acceptors (Lipinski definition) is 4. The summed E-state index contributed by atoms with van der Waals surface area (Å²) in [6.45, 7) is 3.54. The lowest BCUT2D eigenvalue weighted by atomic mass is 9.98. The van der Waals surface area contributed by atoms with Gasteiger partial charge in [0.1, 0.15) is 0 Å². The van der Waals surface area contributed by atoms with Crippen molar-refractivity contribution in [1.29, 1.82) is 0 Å². The predicted octanol–water partition coefficient (Wildman–Crippen LogP) is 1.72. The van der Waals surface area contributed by atoms with Crippen molar-refractivity contribution in [3.63, 3.8) is 0 Å². The third-order valence-corrected chi connectivity index (χ3v) is 3.51. The molecule has 5 nitrogen and oxygen atoms in total. The van der Waals surface area contributed by atoms with Gasteiger partial charge in [-0.15, -0.1) is 0 Å². The number of nitrogens with one attached hydrogen (secondary N) is 2. The Morgan fingerprint density at radius 1 is 1.40 bits per heavy atom. The zero-order valence-electron chi connectivity index (χ0n) is 11.9. The van der Waals surface area contributed by atoms with Gasteiger partial charge in [-0.2, -0.15) is 0 Å². The van der Waals surface area contributed by atoms with Gasteiger partial charge in [-0.25, -0.2) is 4.79 Å². The SMILES string of the molecule is COC(=O)c1cc(C)ccc1NC(=O)[C@@H]1CCCNC1. The molecule has 0 radical (unpaired) electrons. The number of methoxy groups -OCH3 is 1. The number of carbonyl (C=O) groups is 2. The first-order chi connectivity index (χ1) is 9.61. The van der Waals surface area contributed by atoms with Crippen molar-refractivity contribution < 1.29 is 14.3 Å². The molecule has 1 saturated heterocycles. The molecule has 0 unspecified atom stereocenters. The summed E-state index contributed by atoms with van der Waals surface area (Å²) in [7, 11) is 1.33. The molecule has 1 aliphatic rings.